The summed E-state index contributed by atoms with van der Waals surface area (Å²) in [5.41, 5.74) is 0.335. The zero-order chi connectivity index (χ0) is 18.7. The first-order valence-electron chi connectivity index (χ1n) is 8.48. The lowest BCUT2D eigenvalue weighted by Crippen LogP contribution is -2.37. The molecule has 26 heavy (non-hydrogen) atoms. The van der Waals surface area contributed by atoms with Gasteiger partial charge in [-0.3, -0.25) is 9.59 Å². The second kappa shape index (κ2) is 8.18. The molecule has 0 saturated heterocycles. The van der Waals surface area contributed by atoms with Crippen molar-refractivity contribution >= 4 is 34.8 Å². The van der Waals surface area contributed by atoms with Crippen LogP contribution in [0, 0.1) is 5.82 Å². The molecule has 1 N–H and O–H groups in total. The summed E-state index contributed by atoms with van der Waals surface area (Å²) in [7, 11) is 0. The van der Waals surface area contributed by atoms with Gasteiger partial charge in [0.15, 0.2) is 0 Å². The molecule has 2 amide bonds. The third-order valence-electron chi connectivity index (χ3n) is 4.34. The van der Waals surface area contributed by atoms with Gasteiger partial charge in [-0.05, 0) is 36.4 Å². The fourth-order valence-corrected chi connectivity index (χ4v) is 3.91. The summed E-state index contributed by atoms with van der Waals surface area (Å²) in [6.45, 7) is 1.58. The van der Waals surface area contributed by atoms with Gasteiger partial charge in [-0.1, -0.05) is 23.7 Å². The molecule has 1 aromatic heterocycles. The van der Waals surface area contributed by atoms with Crippen molar-refractivity contribution in [1.29, 1.82) is 0 Å². The Hall–Kier alpha value is -1.92. The van der Waals surface area contributed by atoms with Crippen molar-refractivity contribution in [3.8, 4) is 0 Å². The molecule has 1 heterocycles. The molecule has 0 aliphatic heterocycles. The molecule has 7 heteroatoms. The molecule has 2 aromatic rings. The summed E-state index contributed by atoms with van der Waals surface area (Å²) in [6, 6.07) is 8.04. The Kier molecular flexibility index (Phi) is 5.94. The van der Waals surface area contributed by atoms with Gasteiger partial charge < -0.3 is 10.2 Å². The van der Waals surface area contributed by atoms with Gasteiger partial charge in [0, 0.05) is 28.4 Å². The summed E-state index contributed by atoms with van der Waals surface area (Å²) >= 11 is 7.62. The number of hydrogen-bond acceptors (Lipinski definition) is 3. The van der Waals surface area contributed by atoms with Crippen LogP contribution in [0.3, 0.4) is 0 Å². The van der Waals surface area contributed by atoms with Crippen LogP contribution < -0.4 is 5.32 Å². The second-order valence-electron chi connectivity index (χ2n) is 6.43. The highest BCUT2D eigenvalue weighted by Crippen LogP contribution is 2.33. The van der Waals surface area contributed by atoms with E-state index in [9.17, 15) is 14.0 Å². The number of carbonyl (C=O) groups is 2. The first-order valence-corrected chi connectivity index (χ1v) is 9.74. The number of halogens is 2. The third-order valence-corrected chi connectivity index (χ3v) is 5.68. The number of nitrogens with zero attached hydrogens (tertiary/aromatic N) is 1. The smallest absolute Gasteiger partial charge is 0.225 e. The fraction of sp³-hybridized carbons (Fsp3) is 0.368. The number of rotatable bonds is 7. The normalized spacial score (nSPS) is 14.7. The van der Waals surface area contributed by atoms with E-state index in [-0.39, 0.29) is 36.9 Å². The van der Waals surface area contributed by atoms with E-state index in [0.717, 1.165) is 17.7 Å². The average Bonchev–Trinajstić information content (AvgIpc) is 3.26. The van der Waals surface area contributed by atoms with Gasteiger partial charge >= 0.3 is 0 Å². The zero-order valence-corrected chi connectivity index (χ0v) is 15.9. The van der Waals surface area contributed by atoms with E-state index in [1.807, 2.05) is 17.5 Å². The molecule has 138 valence electrons. The molecule has 0 bridgehead atoms. The van der Waals surface area contributed by atoms with E-state index in [4.69, 9.17) is 11.6 Å². The monoisotopic (exact) mass is 394 g/mol. The summed E-state index contributed by atoms with van der Waals surface area (Å²) < 4.78 is 14.1. The van der Waals surface area contributed by atoms with Gasteiger partial charge in [0.1, 0.15) is 5.82 Å². The van der Waals surface area contributed by atoms with Crippen LogP contribution in [0.2, 0.25) is 5.02 Å². The minimum Gasteiger partial charge on any atom is -0.348 e. The summed E-state index contributed by atoms with van der Waals surface area (Å²) in [5, 5.41) is 5.07. The van der Waals surface area contributed by atoms with Crippen LogP contribution in [0.1, 0.15) is 42.7 Å². The first kappa shape index (κ1) is 18.9. The molecule has 1 atom stereocenters. The molecule has 4 nitrogen and oxygen atoms in total. The Labute approximate surface area is 161 Å². The summed E-state index contributed by atoms with van der Waals surface area (Å²) in [6.07, 6.45) is 1.95. The lowest BCUT2D eigenvalue weighted by atomic mass is 10.1. The van der Waals surface area contributed by atoms with Crippen molar-refractivity contribution in [2.45, 2.75) is 44.8 Å². The maximum atomic E-state index is 14.1. The predicted molar refractivity (Wildman–Crippen MR) is 100 cm³/mol. The fourth-order valence-electron chi connectivity index (χ4n) is 2.91. The minimum atomic E-state index is -0.410. The maximum absolute atomic E-state index is 14.1. The molecule has 0 spiro atoms. The van der Waals surface area contributed by atoms with Crippen LogP contribution in [0.5, 0.6) is 0 Å². The second-order valence-corrected chi connectivity index (χ2v) is 7.81. The zero-order valence-electron chi connectivity index (χ0n) is 14.4. The van der Waals surface area contributed by atoms with Crippen molar-refractivity contribution in [3.63, 3.8) is 0 Å². The summed E-state index contributed by atoms with van der Waals surface area (Å²) in [4.78, 5) is 27.1. The van der Waals surface area contributed by atoms with E-state index in [1.165, 1.54) is 24.3 Å². The maximum Gasteiger partial charge on any atom is 0.225 e. The van der Waals surface area contributed by atoms with Crippen molar-refractivity contribution in [1.82, 2.24) is 10.2 Å². The van der Waals surface area contributed by atoms with Crippen molar-refractivity contribution < 1.29 is 14.0 Å². The van der Waals surface area contributed by atoms with Gasteiger partial charge in [-0.15, -0.1) is 11.3 Å². The number of hydrogen-bond donors (Lipinski definition) is 1. The number of nitrogens with one attached hydrogen (secondary N) is 1. The SMILES string of the molecule is CC(=O)NC(CC(=O)N(Cc1c(F)cccc1Cl)C1CC1)c1cccs1. The van der Waals surface area contributed by atoms with E-state index in [1.54, 1.807) is 17.0 Å². The molecular weight excluding hydrogens is 375 g/mol. The Morgan fingerprint density at radius 3 is 2.69 bits per heavy atom. The average molecular weight is 395 g/mol. The van der Waals surface area contributed by atoms with Crippen molar-refractivity contribution in [3.05, 3.63) is 57.0 Å². The van der Waals surface area contributed by atoms with Crippen LogP contribution >= 0.6 is 22.9 Å². The van der Waals surface area contributed by atoms with Crippen LogP contribution in [0.25, 0.3) is 0 Å². The van der Waals surface area contributed by atoms with Gasteiger partial charge in [-0.2, -0.15) is 0 Å². The molecular formula is C19H20ClFN2O2S. The number of benzene rings is 1. The molecule has 1 saturated carbocycles. The lowest BCUT2D eigenvalue weighted by Gasteiger charge is -2.26. The molecule has 1 fully saturated rings. The Morgan fingerprint density at radius 1 is 1.35 bits per heavy atom. The minimum absolute atomic E-state index is 0.111. The lowest BCUT2D eigenvalue weighted by molar-refractivity contribution is -0.133. The largest absolute Gasteiger partial charge is 0.348 e. The number of carbonyl (C=O) groups excluding carboxylic acids is 2. The molecule has 1 aliphatic rings. The van der Waals surface area contributed by atoms with Gasteiger partial charge in [0.05, 0.1) is 19.0 Å². The molecule has 3 rings (SSSR count). The summed E-state index contributed by atoms with van der Waals surface area (Å²) in [5.74, 6) is -0.710. The quantitative estimate of drug-likeness (QED) is 0.761. The van der Waals surface area contributed by atoms with Gasteiger partial charge in [0.25, 0.3) is 0 Å². The first-order chi connectivity index (χ1) is 12.5. The van der Waals surface area contributed by atoms with Crippen LogP contribution in [0.15, 0.2) is 35.7 Å². The third kappa shape index (κ3) is 4.62. The Balaban J connectivity index is 1.77. The Bertz CT molecular complexity index is 773. The van der Waals surface area contributed by atoms with Crippen molar-refractivity contribution in [2.75, 3.05) is 0 Å². The van der Waals surface area contributed by atoms with Gasteiger partial charge in [0.2, 0.25) is 11.8 Å². The van der Waals surface area contributed by atoms with Crippen LogP contribution in [-0.2, 0) is 16.1 Å². The molecule has 1 aliphatic carbocycles. The highest BCUT2D eigenvalue weighted by molar-refractivity contribution is 7.10. The topological polar surface area (TPSA) is 49.4 Å². The van der Waals surface area contributed by atoms with Crippen LogP contribution in [-0.4, -0.2) is 22.8 Å². The van der Waals surface area contributed by atoms with Crippen LogP contribution in [0.4, 0.5) is 4.39 Å². The standard InChI is InChI=1S/C19H20ClFN2O2S/c1-12(24)22-17(18-6-3-9-26-18)10-19(25)23(13-7-8-13)11-14-15(20)4-2-5-16(14)21/h2-6,9,13,17H,7-8,10-11H2,1H3,(H,22,24). The molecule has 1 aromatic carbocycles. The van der Waals surface area contributed by atoms with E-state index >= 15 is 0 Å². The van der Waals surface area contributed by atoms with E-state index in [0.29, 0.717) is 10.6 Å². The van der Waals surface area contributed by atoms with E-state index < -0.39 is 5.82 Å². The highest BCUT2D eigenvalue weighted by atomic mass is 35.5. The Morgan fingerprint density at radius 2 is 2.12 bits per heavy atom. The number of thiophene rings is 1. The van der Waals surface area contributed by atoms with Crippen molar-refractivity contribution in [2.24, 2.45) is 0 Å². The van der Waals surface area contributed by atoms with E-state index in [2.05, 4.69) is 5.32 Å². The molecule has 0 radical (unpaired) electrons. The predicted octanol–water partition coefficient (Wildman–Crippen LogP) is 4.30. The van der Waals surface area contributed by atoms with Gasteiger partial charge in [-0.25, -0.2) is 4.39 Å². The number of amides is 2. The molecule has 1 unspecified atom stereocenters. The highest BCUT2D eigenvalue weighted by Gasteiger charge is 2.34.